The van der Waals surface area contributed by atoms with Gasteiger partial charge < -0.3 is 16.4 Å². The molecule has 0 spiro atoms. The number of carbonyl (C=O) groups excluding carboxylic acids is 2. The molecule has 2 unspecified atom stereocenters. The molecule has 108 valence electrons. The van der Waals surface area contributed by atoms with Crippen molar-refractivity contribution in [1.29, 1.82) is 0 Å². The fourth-order valence-electron chi connectivity index (χ4n) is 1.13. The summed E-state index contributed by atoms with van der Waals surface area (Å²) in [4.78, 5) is 21.1. The Bertz CT molecular complexity index is 190. The number of carbonyl (C=O) groups is 2. The molecule has 0 rings (SSSR count). The summed E-state index contributed by atoms with van der Waals surface area (Å²) in [5.41, 5.74) is 0. The van der Waals surface area contributed by atoms with Crippen LogP contribution in [0.1, 0.15) is 53.4 Å². The normalized spacial score (nSPS) is 11.4. The molecule has 0 heterocycles. The van der Waals surface area contributed by atoms with Gasteiger partial charge in [-0.1, -0.05) is 0 Å². The Kier molecular flexibility index (Phi) is 35.5. The second-order valence-electron chi connectivity index (χ2n) is 4.11. The molecule has 0 aromatic rings. The minimum atomic E-state index is 0. The van der Waals surface area contributed by atoms with Gasteiger partial charge in [-0.25, -0.2) is 0 Å². The van der Waals surface area contributed by atoms with Gasteiger partial charge in [0, 0.05) is 0 Å². The number of rotatable bonds is 6. The monoisotopic (exact) mass is 486 g/mol. The summed E-state index contributed by atoms with van der Waals surface area (Å²) in [6.07, 6.45) is 4.37. The minimum absolute atomic E-state index is 0. The molecule has 0 aliphatic carbocycles. The molecule has 0 aromatic heterocycles. The molecule has 0 saturated heterocycles. The predicted octanol–water partition coefficient (Wildman–Crippen LogP) is 1.88. The summed E-state index contributed by atoms with van der Waals surface area (Å²) in [5.74, 6) is 0.636. The van der Waals surface area contributed by atoms with E-state index in [1.165, 1.54) is 0 Å². The molecule has 0 radical (unpaired) electrons. The average Bonchev–Trinajstić information content (AvgIpc) is 2.19. The first-order chi connectivity index (χ1) is 7.36. The van der Waals surface area contributed by atoms with E-state index in [1.54, 1.807) is 0 Å². The number of hydrogen-bond donors (Lipinski definition) is 0. The van der Waals surface area contributed by atoms with Gasteiger partial charge in [-0.15, -0.1) is 0 Å². The van der Waals surface area contributed by atoms with E-state index in [0.717, 1.165) is 70.7 Å². The molecule has 0 aliphatic heterocycles. The maximum Gasteiger partial charge on any atom is -2.00 e. The third-order valence-corrected chi connectivity index (χ3v) is 5.15. The maximum absolute atomic E-state index is 10.6. The van der Waals surface area contributed by atoms with Crippen LogP contribution >= 0.6 is 0 Å². The van der Waals surface area contributed by atoms with E-state index in [4.69, 9.17) is 0 Å². The zero-order chi connectivity index (χ0) is 13.1. The van der Waals surface area contributed by atoms with Crippen LogP contribution in [0.25, 0.3) is 0 Å². The van der Waals surface area contributed by atoms with Crippen LogP contribution in [-0.2, 0) is 26.0 Å². The zero-order valence-electron chi connectivity index (χ0n) is 12.0. The van der Waals surface area contributed by atoms with E-state index in [0.29, 0.717) is 19.4 Å². The van der Waals surface area contributed by atoms with Crippen LogP contribution in [0.4, 0.5) is 0 Å². The third kappa shape index (κ3) is 24.2. The van der Waals surface area contributed by atoms with Crippen LogP contribution in [0.5, 0.6) is 0 Å². The van der Waals surface area contributed by atoms with Crippen LogP contribution in [0.2, 0.25) is 0 Å². The zero-order valence-corrected chi connectivity index (χ0v) is 17.7. The second kappa shape index (κ2) is 21.1. The summed E-state index contributed by atoms with van der Waals surface area (Å²) in [6.45, 7) is 8.21. The summed E-state index contributed by atoms with van der Waals surface area (Å²) >= 11 is 2.11. The Morgan fingerprint density at radius 1 is 0.789 bits per heavy atom. The van der Waals surface area contributed by atoms with Gasteiger partial charge >= 0.3 is 127 Å². The molecule has 7 heteroatoms. The van der Waals surface area contributed by atoms with Gasteiger partial charge in [-0.3, -0.25) is 0 Å². The van der Waals surface area contributed by atoms with E-state index in [2.05, 4.69) is 13.8 Å². The van der Waals surface area contributed by atoms with E-state index in [-0.39, 0.29) is 16.4 Å². The summed E-state index contributed by atoms with van der Waals surface area (Å²) in [7, 11) is 0. The van der Waals surface area contributed by atoms with Gasteiger partial charge in [-0.05, 0) is 0 Å². The van der Waals surface area contributed by atoms with Crippen LogP contribution < -0.4 is 0 Å². The standard InChI is InChI=1S/2C6H11O.3O.2Sn/c2*1-3-4-6(2)5-7;;;;;/h2*6H,3-4H2,1-2H3;;;;;/q;;3*-2;2*+3. The van der Waals surface area contributed by atoms with Crippen molar-refractivity contribution in [2.75, 3.05) is 0 Å². The van der Waals surface area contributed by atoms with Crippen molar-refractivity contribution in [3.8, 4) is 0 Å². The van der Waals surface area contributed by atoms with E-state index in [1.807, 2.05) is 13.8 Å². The fraction of sp³-hybridized carbons (Fsp3) is 0.833. The van der Waals surface area contributed by atoms with Crippen LogP contribution in [-0.4, -0.2) is 52.6 Å². The predicted molar refractivity (Wildman–Crippen MR) is 71.7 cm³/mol. The van der Waals surface area contributed by atoms with Crippen molar-refractivity contribution >= 4 is 52.6 Å². The molecular weight excluding hydrogens is 462 g/mol. The van der Waals surface area contributed by atoms with Crippen molar-refractivity contribution in [3.05, 3.63) is 0 Å². The van der Waals surface area contributed by atoms with Crippen molar-refractivity contribution < 1.29 is 26.0 Å². The second-order valence-corrected chi connectivity index (χ2v) is 6.92. The van der Waals surface area contributed by atoms with Gasteiger partial charge in [0.1, 0.15) is 0 Å². The summed E-state index contributed by atoms with van der Waals surface area (Å²) < 4.78 is 0.804. The molecule has 2 atom stereocenters. The van der Waals surface area contributed by atoms with Crippen molar-refractivity contribution in [2.45, 2.75) is 53.4 Å². The Labute approximate surface area is 143 Å². The van der Waals surface area contributed by atoms with Crippen LogP contribution in [0.15, 0.2) is 0 Å². The Balaban J connectivity index is -0.0000000594. The molecule has 0 saturated carbocycles. The molecule has 19 heavy (non-hydrogen) atoms. The van der Waals surface area contributed by atoms with Crippen LogP contribution in [0, 0.1) is 11.8 Å². The topological polar surface area (TPSA) is 120 Å². The molecule has 0 aliphatic rings. The maximum atomic E-state index is 10.6. The largest absolute Gasteiger partial charge is 2.00 e. The summed E-state index contributed by atoms with van der Waals surface area (Å²) in [5, 5.41) is 0. The smallest absolute Gasteiger partial charge is 2.00 e. The average molecular weight is 484 g/mol. The van der Waals surface area contributed by atoms with E-state index in [9.17, 15) is 9.59 Å². The quantitative estimate of drug-likeness (QED) is 0.536. The molecule has 0 N–H and O–H groups in total. The summed E-state index contributed by atoms with van der Waals surface area (Å²) in [6, 6.07) is 0. The minimum Gasteiger partial charge on any atom is -2.00 e. The Hall–Kier alpha value is 0.817. The first-order valence-corrected chi connectivity index (χ1v) is 8.73. The molecule has 0 amide bonds. The van der Waals surface area contributed by atoms with Crippen molar-refractivity contribution in [3.63, 3.8) is 0 Å². The van der Waals surface area contributed by atoms with E-state index >= 15 is 0 Å². The SMILES string of the molecule is CCCC(C)[C](=O)[Sn+3].CCCC(C)[C](=O)[Sn+3].[O-2].[O-2].[O-2]. The van der Waals surface area contributed by atoms with Crippen LogP contribution in [0.3, 0.4) is 0 Å². The van der Waals surface area contributed by atoms with Gasteiger partial charge in [0.25, 0.3) is 0 Å². The number of hydrogen-bond acceptors (Lipinski definition) is 2. The van der Waals surface area contributed by atoms with Gasteiger partial charge in [0.05, 0.1) is 0 Å². The fourth-order valence-corrected chi connectivity index (χ4v) is 1.95. The molecule has 0 aromatic carbocycles. The first kappa shape index (κ1) is 32.0. The molecule has 0 bridgehead atoms. The Morgan fingerprint density at radius 2 is 1.00 bits per heavy atom. The molecular formula is C12H22O5Sn2. The Morgan fingerprint density at radius 3 is 1.05 bits per heavy atom. The van der Waals surface area contributed by atoms with Gasteiger partial charge in [0.15, 0.2) is 0 Å². The molecule has 5 nitrogen and oxygen atoms in total. The van der Waals surface area contributed by atoms with Gasteiger partial charge in [0.2, 0.25) is 0 Å². The first-order valence-electron chi connectivity index (χ1n) is 5.87. The van der Waals surface area contributed by atoms with Crippen molar-refractivity contribution in [1.82, 2.24) is 0 Å². The molecule has 0 fully saturated rings. The van der Waals surface area contributed by atoms with E-state index < -0.39 is 0 Å². The van der Waals surface area contributed by atoms with Crippen molar-refractivity contribution in [2.24, 2.45) is 11.8 Å². The third-order valence-electron chi connectivity index (χ3n) is 2.34. The van der Waals surface area contributed by atoms with Gasteiger partial charge in [-0.2, -0.15) is 0 Å².